The monoisotopic (exact) mass is 381 g/mol. The van der Waals surface area contributed by atoms with Gasteiger partial charge in [-0.1, -0.05) is 46.9 Å². The maximum Gasteiger partial charge on any atom is 0.259 e. The number of anilines is 1. The van der Waals surface area contributed by atoms with Gasteiger partial charge in [0.05, 0.1) is 12.2 Å². The molecular formula is C17H17BrClNO2. The number of unbranched alkanes of at least 4 members (excludes halogenated alkanes) is 1. The molecule has 0 saturated heterocycles. The third kappa shape index (κ3) is 4.75. The van der Waals surface area contributed by atoms with Crippen LogP contribution in [-0.4, -0.2) is 12.5 Å². The van der Waals surface area contributed by atoms with Crippen LogP contribution in [0.4, 0.5) is 5.69 Å². The van der Waals surface area contributed by atoms with E-state index in [1.54, 1.807) is 36.4 Å². The minimum atomic E-state index is -0.227. The van der Waals surface area contributed by atoms with Crippen molar-refractivity contribution in [2.45, 2.75) is 19.8 Å². The maximum absolute atomic E-state index is 12.5. The summed E-state index contributed by atoms with van der Waals surface area (Å²) in [6.07, 6.45) is 1.99. The van der Waals surface area contributed by atoms with Gasteiger partial charge in [0.25, 0.3) is 5.91 Å². The second-order valence-electron chi connectivity index (χ2n) is 4.81. The van der Waals surface area contributed by atoms with Gasteiger partial charge in [0.2, 0.25) is 0 Å². The molecule has 0 saturated carbocycles. The van der Waals surface area contributed by atoms with Crippen LogP contribution in [0.3, 0.4) is 0 Å². The van der Waals surface area contributed by atoms with Crippen molar-refractivity contribution in [2.75, 3.05) is 11.9 Å². The van der Waals surface area contributed by atoms with Crippen LogP contribution in [0.1, 0.15) is 30.1 Å². The lowest BCUT2D eigenvalue weighted by Crippen LogP contribution is -2.14. The van der Waals surface area contributed by atoms with Crippen LogP contribution < -0.4 is 10.1 Å². The van der Waals surface area contributed by atoms with Crippen LogP contribution in [0.25, 0.3) is 0 Å². The standard InChI is InChI=1S/C17H17BrClNO2/c1-2-3-9-22-16-8-7-12(18)10-15(16)17(21)20-14-6-4-5-13(19)11-14/h4-8,10-11H,2-3,9H2,1H3,(H,20,21). The van der Waals surface area contributed by atoms with Gasteiger partial charge >= 0.3 is 0 Å². The molecule has 0 heterocycles. The molecule has 0 aliphatic carbocycles. The molecule has 116 valence electrons. The molecule has 3 nitrogen and oxygen atoms in total. The highest BCUT2D eigenvalue weighted by Crippen LogP contribution is 2.25. The Bertz CT molecular complexity index is 661. The van der Waals surface area contributed by atoms with Gasteiger partial charge in [0.1, 0.15) is 5.75 Å². The predicted octanol–water partition coefficient (Wildman–Crippen LogP) is 5.53. The Balaban J connectivity index is 2.18. The fourth-order valence-corrected chi connectivity index (χ4v) is 2.45. The molecule has 0 radical (unpaired) electrons. The summed E-state index contributed by atoms with van der Waals surface area (Å²) in [5.41, 5.74) is 1.14. The Kier molecular flexibility index (Phi) is 6.28. The number of nitrogens with one attached hydrogen (secondary N) is 1. The van der Waals surface area contributed by atoms with E-state index >= 15 is 0 Å². The van der Waals surface area contributed by atoms with Crippen LogP contribution in [0.5, 0.6) is 5.75 Å². The molecule has 2 aromatic rings. The molecule has 0 aliphatic rings. The molecular weight excluding hydrogens is 366 g/mol. The average Bonchev–Trinajstić information content (AvgIpc) is 2.49. The zero-order valence-electron chi connectivity index (χ0n) is 12.2. The van der Waals surface area contributed by atoms with Crippen molar-refractivity contribution >= 4 is 39.1 Å². The summed E-state index contributed by atoms with van der Waals surface area (Å²) in [7, 11) is 0. The van der Waals surface area contributed by atoms with Crippen molar-refractivity contribution in [3.8, 4) is 5.75 Å². The van der Waals surface area contributed by atoms with Gasteiger partial charge in [-0.05, 0) is 42.8 Å². The highest BCUT2D eigenvalue weighted by Gasteiger charge is 2.14. The molecule has 0 atom stereocenters. The van der Waals surface area contributed by atoms with E-state index < -0.39 is 0 Å². The Morgan fingerprint density at radius 2 is 2.09 bits per heavy atom. The summed E-state index contributed by atoms with van der Waals surface area (Å²) in [4.78, 5) is 12.5. The molecule has 0 aliphatic heterocycles. The Labute approximate surface area is 143 Å². The quantitative estimate of drug-likeness (QED) is 0.667. The van der Waals surface area contributed by atoms with E-state index in [1.807, 2.05) is 6.07 Å². The number of rotatable bonds is 6. The number of halogens is 2. The van der Waals surface area contributed by atoms with E-state index in [1.165, 1.54) is 0 Å². The zero-order chi connectivity index (χ0) is 15.9. The molecule has 0 aromatic heterocycles. The third-order valence-corrected chi connectivity index (χ3v) is 3.75. The number of amides is 1. The van der Waals surface area contributed by atoms with E-state index in [0.717, 1.165) is 17.3 Å². The van der Waals surface area contributed by atoms with Gasteiger partial charge in [0.15, 0.2) is 0 Å². The summed E-state index contributed by atoms with van der Waals surface area (Å²) < 4.78 is 6.53. The molecule has 1 N–H and O–H groups in total. The molecule has 2 aromatic carbocycles. The van der Waals surface area contributed by atoms with Gasteiger partial charge in [-0.15, -0.1) is 0 Å². The average molecular weight is 383 g/mol. The number of benzene rings is 2. The van der Waals surface area contributed by atoms with Crippen LogP contribution in [0.2, 0.25) is 5.02 Å². The van der Waals surface area contributed by atoms with Crippen LogP contribution in [0, 0.1) is 0 Å². The first-order valence-electron chi connectivity index (χ1n) is 7.09. The Morgan fingerprint density at radius 3 is 2.82 bits per heavy atom. The first-order valence-corrected chi connectivity index (χ1v) is 8.26. The highest BCUT2D eigenvalue weighted by atomic mass is 79.9. The minimum Gasteiger partial charge on any atom is -0.493 e. The van der Waals surface area contributed by atoms with Gasteiger partial charge in [-0.25, -0.2) is 0 Å². The lowest BCUT2D eigenvalue weighted by Gasteiger charge is -2.12. The third-order valence-electron chi connectivity index (χ3n) is 3.02. The molecule has 1 amide bonds. The molecule has 5 heteroatoms. The first-order chi connectivity index (χ1) is 10.6. The topological polar surface area (TPSA) is 38.3 Å². The highest BCUT2D eigenvalue weighted by molar-refractivity contribution is 9.10. The smallest absolute Gasteiger partial charge is 0.259 e. The molecule has 0 bridgehead atoms. The van der Waals surface area contributed by atoms with E-state index in [2.05, 4.69) is 28.2 Å². The van der Waals surface area contributed by atoms with Gasteiger partial charge in [-0.2, -0.15) is 0 Å². The van der Waals surface area contributed by atoms with Crippen molar-refractivity contribution in [3.63, 3.8) is 0 Å². The van der Waals surface area contributed by atoms with E-state index in [9.17, 15) is 4.79 Å². The normalized spacial score (nSPS) is 10.3. The van der Waals surface area contributed by atoms with Crippen molar-refractivity contribution in [1.29, 1.82) is 0 Å². The number of hydrogen-bond donors (Lipinski definition) is 1. The summed E-state index contributed by atoms with van der Waals surface area (Å²) in [6, 6.07) is 12.5. The van der Waals surface area contributed by atoms with Gasteiger partial charge in [0, 0.05) is 15.2 Å². The van der Waals surface area contributed by atoms with E-state index in [4.69, 9.17) is 16.3 Å². The number of ether oxygens (including phenoxy) is 1. The van der Waals surface area contributed by atoms with Crippen molar-refractivity contribution in [2.24, 2.45) is 0 Å². The summed E-state index contributed by atoms with van der Waals surface area (Å²) >= 11 is 9.32. The lowest BCUT2D eigenvalue weighted by atomic mass is 10.2. The molecule has 0 spiro atoms. The van der Waals surface area contributed by atoms with Gasteiger partial charge < -0.3 is 10.1 Å². The summed E-state index contributed by atoms with van der Waals surface area (Å²) in [5, 5.41) is 3.41. The maximum atomic E-state index is 12.5. The number of carbonyl (C=O) groups excluding carboxylic acids is 1. The SMILES string of the molecule is CCCCOc1ccc(Br)cc1C(=O)Nc1cccc(Cl)c1. The largest absolute Gasteiger partial charge is 0.493 e. The fourth-order valence-electron chi connectivity index (χ4n) is 1.90. The second kappa shape index (κ2) is 8.20. The Morgan fingerprint density at radius 1 is 1.27 bits per heavy atom. The molecule has 22 heavy (non-hydrogen) atoms. The summed E-state index contributed by atoms with van der Waals surface area (Å²) in [5.74, 6) is 0.353. The lowest BCUT2D eigenvalue weighted by molar-refractivity contribution is 0.102. The Hall–Kier alpha value is -1.52. The van der Waals surface area contributed by atoms with Crippen molar-refractivity contribution < 1.29 is 9.53 Å². The zero-order valence-corrected chi connectivity index (χ0v) is 14.6. The number of carbonyl (C=O) groups is 1. The van der Waals surface area contributed by atoms with Crippen LogP contribution in [0.15, 0.2) is 46.9 Å². The van der Waals surface area contributed by atoms with Crippen LogP contribution in [-0.2, 0) is 0 Å². The van der Waals surface area contributed by atoms with Crippen LogP contribution >= 0.6 is 27.5 Å². The van der Waals surface area contributed by atoms with Gasteiger partial charge in [-0.3, -0.25) is 4.79 Å². The fraction of sp³-hybridized carbons (Fsp3) is 0.235. The molecule has 2 rings (SSSR count). The van der Waals surface area contributed by atoms with Crippen molar-refractivity contribution in [3.05, 3.63) is 57.5 Å². The predicted molar refractivity (Wildman–Crippen MR) is 94.0 cm³/mol. The first kappa shape index (κ1) is 16.8. The second-order valence-corrected chi connectivity index (χ2v) is 6.16. The molecule has 0 fully saturated rings. The number of hydrogen-bond acceptors (Lipinski definition) is 2. The molecule has 0 unspecified atom stereocenters. The van der Waals surface area contributed by atoms with Crippen molar-refractivity contribution in [1.82, 2.24) is 0 Å². The van der Waals surface area contributed by atoms with E-state index in [-0.39, 0.29) is 5.91 Å². The van der Waals surface area contributed by atoms with E-state index in [0.29, 0.717) is 28.6 Å². The minimum absolute atomic E-state index is 0.227. The summed E-state index contributed by atoms with van der Waals surface area (Å²) in [6.45, 7) is 2.69.